The van der Waals surface area contributed by atoms with Crippen LogP contribution in [0.1, 0.15) is 55.4 Å². The number of hydrogen-bond donors (Lipinski definition) is 0. The molecule has 2 unspecified atom stereocenters. The van der Waals surface area contributed by atoms with Crippen LogP contribution in [0.5, 0.6) is 0 Å². The zero-order valence-corrected chi connectivity index (χ0v) is 14.0. The average molecular weight is 290 g/mol. The minimum Gasteiger partial charge on any atom is -0.0724 e. The third-order valence-corrected chi connectivity index (χ3v) is 5.12. The van der Waals surface area contributed by atoms with Crippen molar-refractivity contribution >= 4 is 6.08 Å². The van der Waals surface area contributed by atoms with Crippen molar-refractivity contribution in [1.29, 1.82) is 0 Å². The fourth-order valence-electron chi connectivity index (χ4n) is 3.83. The van der Waals surface area contributed by atoms with Gasteiger partial charge < -0.3 is 0 Å². The lowest BCUT2D eigenvalue weighted by Crippen LogP contribution is -2.13. The molecule has 0 aromatic heterocycles. The van der Waals surface area contributed by atoms with Crippen LogP contribution in [0.4, 0.5) is 0 Å². The SMILES string of the molecule is CCc1cccc2c1C=C(C)CC(Cc1ccccc1)C2C. The summed E-state index contributed by atoms with van der Waals surface area (Å²) in [7, 11) is 0. The van der Waals surface area contributed by atoms with Gasteiger partial charge in [-0.1, -0.05) is 74.0 Å². The first kappa shape index (κ1) is 15.1. The maximum Gasteiger partial charge on any atom is -0.0150 e. The van der Waals surface area contributed by atoms with Gasteiger partial charge >= 0.3 is 0 Å². The highest BCUT2D eigenvalue weighted by Crippen LogP contribution is 2.39. The van der Waals surface area contributed by atoms with E-state index in [-0.39, 0.29) is 0 Å². The van der Waals surface area contributed by atoms with Crippen molar-refractivity contribution in [1.82, 2.24) is 0 Å². The lowest BCUT2D eigenvalue weighted by Gasteiger charge is -2.24. The monoisotopic (exact) mass is 290 g/mol. The second kappa shape index (κ2) is 6.52. The molecule has 114 valence electrons. The van der Waals surface area contributed by atoms with Crippen LogP contribution in [0.25, 0.3) is 6.08 Å². The zero-order chi connectivity index (χ0) is 15.5. The third kappa shape index (κ3) is 3.02. The Morgan fingerprint density at radius 1 is 1.00 bits per heavy atom. The Morgan fingerprint density at radius 3 is 2.50 bits per heavy atom. The number of benzene rings is 2. The first-order chi connectivity index (χ1) is 10.7. The lowest BCUT2D eigenvalue weighted by atomic mass is 9.80. The standard InChI is InChI=1S/C22H26/c1-4-19-11-8-12-21-17(3)20(13-16(2)14-22(19)21)15-18-9-6-5-7-10-18/h5-12,14,17,20H,4,13,15H2,1-3H3. The van der Waals surface area contributed by atoms with E-state index >= 15 is 0 Å². The van der Waals surface area contributed by atoms with Crippen molar-refractivity contribution in [2.45, 2.75) is 46.0 Å². The Hall–Kier alpha value is -1.82. The molecule has 0 fully saturated rings. The summed E-state index contributed by atoms with van der Waals surface area (Å²) in [5.41, 5.74) is 7.50. The quantitative estimate of drug-likeness (QED) is 0.648. The van der Waals surface area contributed by atoms with Gasteiger partial charge in [0.15, 0.2) is 0 Å². The third-order valence-electron chi connectivity index (χ3n) is 5.12. The molecule has 1 aliphatic carbocycles. The van der Waals surface area contributed by atoms with Gasteiger partial charge in [0.1, 0.15) is 0 Å². The van der Waals surface area contributed by atoms with Gasteiger partial charge in [0.25, 0.3) is 0 Å². The topological polar surface area (TPSA) is 0 Å². The molecule has 0 radical (unpaired) electrons. The maximum absolute atomic E-state index is 2.44. The van der Waals surface area contributed by atoms with Crippen molar-refractivity contribution < 1.29 is 0 Å². The number of aryl methyl sites for hydroxylation is 1. The predicted octanol–water partition coefficient (Wildman–Crippen LogP) is 6.02. The summed E-state index contributed by atoms with van der Waals surface area (Å²) < 4.78 is 0. The van der Waals surface area contributed by atoms with Crippen LogP contribution in [-0.4, -0.2) is 0 Å². The number of hydrogen-bond acceptors (Lipinski definition) is 0. The fourth-order valence-corrected chi connectivity index (χ4v) is 3.83. The van der Waals surface area contributed by atoms with Gasteiger partial charge in [-0.25, -0.2) is 0 Å². The van der Waals surface area contributed by atoms with Crippen LogP contribution < -0.4 is 0 Å². The van der Waals surface area contributed by atoms with Crippen molar-refractivity contribution in [3.05, 3.63) is 76.4 Å². The Balaban J connectivity index is 1.97. The van der Waals surface area contributed by atoms with Gasteiger partial charge in [-0.3, -0.25) is 0 Å². The summed E-state index contributed by atoms with van der Waals surface area (Å²) in [6.07, 6.45) is 5.93. The van der Waals surface area contributed by atoms with Crippen LogP contribution in [0, 0.1) is 5.92 Å². The molecule has 1 aliphatic rings. The second-order valence-corrected chi connectivity index (χ2v) is 6.71. The van der Waals surface area contributed by atoms with Gasteiger partial charge in [0, 0.05) is 0 Å². The average Bonchev–Trinajstić information content (AvgIpc) is 2.65. The molecule has 0 N–H and O–H groups in total. The van der Waals surface area contributed by atoms with Crippen LogP contribution >= 0.6 is 0 Å². The van der Waals surface area contributed by atoms with Gasteiger partial charge in [0.2, 0.25) is 0 Å². The van der Waals surface area contributed by atoms with Crippen LogP contribution in [0.3, 0.4) is 0 Å². The molecule has 3 rings (SSSR count). The highest BCUT2D eigenvalue weighted by atomic mass is 14.3. The minimum atomic E-state index is 0.607. The number of allylic oxidation sites excluding steroid dienone is 1. The van der Waals surface area contributed by atoms with Crippen LogP contribution in [-0.2, 0) is 12.8 Å². The first-order valence-electron chi connectivity index (χ1n) is 8.52. The Labute approximate surface area is 134 Å². The van der Waals surface area contributed by atoms with E-state index in [1.807, 2.05) is 0 Å². The minimum absolute atomic E-state index is 0.607. The Bertz CT molecular complexity index is 664. The highest BCUT2D eigenvalue weighted by Gasteiger charge is 2.25. The van der Waals surface area contributed by atoms with Crippen molar-refractivity contribution in [3.63, 3.8) is 0 Å². The molecule has 0 nitrogen and oxygen atoms in total. The molecule has 0 saturated carbocycles. The van der Waals surface area contributed by atoms with Gasteiger partial charge in [0.05, 0.1) is 0 Å². The highest BCUT2D eigenvalue weighted by molar-refractivity contribution is 5.62. The van der Waals surface area contributed by atoms with E-state index in [2.05, 4.69) is 75.4 Å². The summed E-state index contributed by atoms with van der Waals surface area (Å²) in [5, 5.41) is 0. The second-order valence-electron chi connectivity index (χ2n) is 6.71. The van der Waals surface area contributed by atoms with E-state index in [0.29, 0.717) is 11.8 Å². The lowest BCUT2D eigenvalue weighted by molar-refractivity contribution is 0.442. The molecule has 2 atom stereocenters. The van der Waals surface area contributed by atoms with E-state index in [4.69, 9.17) is 0 Å². The molecular weight excluding hydrogens is 264 g/mol. The molecule has 0 saturated heterocycles. The summed E-state index contributed by atoms with van der Waals surface area (Å²) in [5.74, 6) is 1.29. The molecule has 0 heteroatoms. The molecule has 22 heavy (non-hydrogen) atoms. The van der Waals surface area contributed by atoms with Gasteiger partial charge in [-0.2, -0.15) is 0 Å². The molecule has 0 bridgehead atoms. The smallest absolute Gasteiger partial charge is 0.0150 e. The van der Waals surface area contributed by atoms with Crippen LogP contribution in [0.15, 0.2) is 54.1 Å². The Morgan fingerprint density at radius 2 is 1.77 bits per heavy atom. The summed E-state index contributed by atoms with van der Waals surface area (Å²) in [6.45, 7) is 6.97. The summed E-state index contributed by atoms with van der Waals surface area (Å²) in [4.78, 5) is 0. The van der Waals surface area contributed by atoms with E-state index in [1.165, 1.54) is 40.7 Å². The molecule has 0 amide bonds. The first-order valence-corrected chi connectivity index (χ1v) is 8.52. The van der Waals surface area contributed by atoms with Crippen LogP contribution in [0.2, 0.25) is 0 Å². The van der Waals surface area contributed by atoms with E-state index in [0.717, 1.165) is 6.42 Å². The maximum atomic E-state index is 2.44. The molecule has 0 spiro atoms. The van der Waals surface area contributed by atoms with E-state index in [9.17, 15) is 0 Å². The normalized spacial score (nSPS) is 21.0. The molecule has 2 aromatic carbocycles. The fraction of sp³-hybridized carbons (Fsp3) is 0.364. The summed E-state index contributed by atoms with van der Waals surface area (Å²) in [6, 6.07) is 17.8. The molecular formula is C22H26. The van der Waals surface area contributed by atoms with Crippen molar-refractivity contribution in [3.8, 4) is 0 Å². The zero-order valence-electron chi connectivity index (χ0n) is 14.0. The summed E-state index contributed by atoms with van der Waals surface area (Å²) >= 11 is 0. The number of rotatable bonds is 3. The predicted molar refractivity (Wildman–Crippen MR) is 96.1 cm³/mol. The molecule has 2 aromatic rings. The van der Waals surface area contributed by atoms with Crippen molar-refractivity contribution in [2.24, 2.45) is 5.92 Å². The molecule has 0 aliphatic heterocycles. The van der Waals surface area contributed by atoms with Crippen molar-refractivity contribution in [2.75, 3.05) is 0 Å². The Kier molecular flexibility index (Phi) is 4.47. The molecule has 0 heterocycles. The van der Waals surface area contributed by atoms with E-state index in [1.54, 1.807) is 0 Å². The van der Waals surface area contributed by atoms with Gasteiger partial charge in [-0.05, 0) is 60.3 Å². The van der Waals surface area contributed by atoms with Gasteiger partial charge in [-0.15, -0.1) is 0 Å². The van der Waals surface area contributed by atoms with E-state index < -0.39 is 0 Å². The number of fused-ring (bicyclic) bond motifs is 1. The largest absolute Gasteiger partial charge is 0.0724 e.